The maximum absolute atomic E-state index is 11.1. The van der Waals surface area contributed by atoms with Crippen molar-refractivity contribution in [3.05, 3.63) is 29.8 Å². The quantitative estimate of drug-likeness (QED) is 0.509. The molecular weight excluding hydrogens is 244 g/mol. The van der Waals surface area contributed by atoms with E-state index < -0.39 is 0 Å². The van der Waals surface area contributed by atoms with E-state index in [0.717, 1.165) is 12.2 Å². The Morgan fingerprint density at radius 1 is 1.16 bits per heavy atom. The highest BCUT2D eigenvalue weighted by Gasteiger charge is 2.01. The van der Waals surface area contributed by atoms with Crippen molar-refractivity contribution in [2.24, 2.45) is 0 Å². The number of hydrogen-bond donors (Lipinski definition) is 0. The van der Waals surface area contributed by atoms with Crippen molar-refractivity contribution in [1.29, 1.82) is 0 Å². The second kappa shape index (κ2) is 9.39. The number of hydrogen-bond acceptors (Lipinski definition) is 4. The van der Waals surface area contributed by atoms with Gasteiger partial charge in [-0.25, -0.2) is 0 Å². The van der Waals surface area contributed by atoms with Gasteiger partial charge in [-0.2, -0.15) is 0 Å². The standard InChI is InChI=1S/C15H22O4/c1-3-19-15(16)5-4-11-18-12-10-13-6-8-14(17-2)9-7-13/h6-9H,3-5,10-12H2,1-2H3. The molecule has 0 N–H and O–H groups in total. The van der Waals surface area contributed by atoms with Gasteiger partial charge in [-0.1, -0.05) is 12.1 Å². The molecule has 0 atom stereocenters. The average molecular weight is 266 g/mol. The summed E-state index contributed by atoms with van der Waals surface area (Å²) in [6.07, 6.45) is 2.00. The molecule has 0 saturated heterocycles. The Bertz CT molecular complexity index is 359. The lowest BCUT2D eigenvalue weighted by Crippen LogP contribution is -2.06. The highest BCUT2D eigenvalue weighted by atomic mass is 16.5. The number of carbonyl (C=O) groups excluding carboxylic acids is 1. The van der Waals surface area contributed by atoms with Gasteiger partial charge in [0.2, 0.25) is 0 Å². The van der Waals surface area contributed by atoms with Crippen LogP contribution in [0.4, 0.5) is 0 Å². The van der Waals surface area contributed by atoms with Crippen LogP contribution < -0.4 is 4.74 Å². The van der Waals surface area contributed by atoms with Crippen molar-refractivity contribution in [3.8, 4) is 5.75 Å². The summed E-state index contributed by atoms with van der Waals surface area (Å²) in [7, 11) is 1.65. The molecule has 4 nitrogen and oxygen atoms in total. The molecule has 0 spiro atoms. The molecule has 1 rings (SSSR count). The third kappa shape index (κ3) is 6.82. The zero-order valence-electron chi connectivity index (χ0n) is 11.7. The molecule has 0 amide bonds. The van der Waals surface area contributed by atoms with Crippen LogP contribution in [-0.2, 0) is 20.7 Å². The van der Waals surface area contributed by atoms with Crippen molar-refractivity contribution in [1.82, 2.24) is 0 Å². The molecule has 19 heavy (non-hydrogen) atoms. The van der Waals surface area contributed by atoms with Crippen molar-refractivity contribution >= 4 is 5.97 Å². The second-order valence-corrected chi connectivity index (χ2v) is 4.12. The highest BCUT2D eigenvalue weighted by molar-refractivity contribution is 5.69. The molecule has 4 heteroatoms. The summed E-state index contributed by atoms with van der Waals surface area (Å²) in [6, 6.07) is 7.94. The summed E-state index contributed by atoms with van der Waals surface area (Å²) in [6.45, 7) is 3.50. The smallest absolute Gasteiger partial charge is 0.305 e. The Kier molecular flexibility index (Phi) is 7.66. The lowest BCUT2D eigenvalue weighted by molar-refractivity contribution is -0.143. The van der Waals surface area contributed by atoms with Crippen LogP contribution in [0.1, 0.15) is 25.3 Å². The van der Waals surface area contributed by atoms with Gasteiger partial charge >= 0.3 is 5.97 Å². The predicted molar refractivity (Wildman–Crippen MR) is 73.4 cm³/mol. The molecule has 0 aliphatic heterocycles. The molecule has 1 aromatic rings. The first-order chi connectivity index (χ1) is 9.26. The maximum Gasteiger partial charge on any atom is 0.305 e. The van der Waals surface area contributed by atoms with E-state index in [4.69, 9.17) is 14.2 Å². The van der Waals surface area contributed by atoms with Gasteiger partial charge in [0.25, 0.3) is 0 Å². The van der Waals surface area contributed by atoms with Crippen LogP contribution >= 0.6 is 0 Å². The monoisotopic (exact) mass is 266 g/mol. The maximum atomic E-state index is 11.1. The number of rotatable bonds is 9. The number of esters is 1. The molecule has 0 fully saturated rings. The number of benzene rings is 1. The van der Waals surface area contributed by atoms with Gasteiger partial charge in [0, 0.05) is 13.0 Å². The summed E-state index contributed by atoms with van der Waals surface area (Å²) in [4.78, 5) is 11.1. The fourth-order valence-corrected chi connectivity index (χ4v) is 1.64. The van der Waals surface area contributed by atoms with Crippen LogP contribution in [-0.4, -0.2) is 32.9 Å². The molecule has 0 heterocycles. The van der Waals surface area contributed by atoms with E-state index in [0.29, 0.717) is 32.7 Å². The van der Waals surface area contributed by atoms with Gasteiger partial charge in [0.05, 0.1) is 20.3 Å². The Hall–Kier alpha value is -1.55. The Morgan fingerprint density at radius 2 is 1.89 bits per heavy atom. The first-order valence-electron chi connectivity index (χ1n) is 6.62. The van der Waals surface area contributed by atoms with Crippen LogP contribution in [0.15, 0.2) is 24.3 Å². The van der Waals surface area contributed by atoms with Crippen LogP contribution in [0.3, 0.4) is 0 Å². The first kappa shape index (κ1) is 15.5. The fourth-order valence-electron chi connectivity index (χ4n) is 1.64. The zero-order chi connectivity index (χ0) is 13.9. The molecule has 0 aromatic heterocycles. The number of carbonyl (C=O) groups is 1. The molecule has 1 aromatic carbocycles. The van der Waals surface area contributed by atoms with Gasteiger partial charge in [-0.05, 0) is 37.5 Å². The molecule has 0 unspecified atom stereocenters. The Balaban J connectivity index is 2.05. The number of ether oxygens (including phenoxy) is 3. The van der Waals surface area contributed by atoms with E-state index in [9.17, 15) is 4.79 Å². The third-order valence-corrected chi connectivity index (χ3v) is 2.67. The van der Waals surface area contributed by atoms with E-state index in [1.54, 1.807) is 7.11 Å². The first-order valence-corrected chi connectivity index (χ1v) is 6.62. The van der Waals surface area contributed by atoms with Crippen molar-refractivity contribution < 1.29 is 19.0 Å². The van der Waals surface area contributed by atoms with Crippen LogP contribution in [0.2, 0.25) is 0 Å². The average Bonchev–Trinajstić information content (AvgIpc) is 2.43. The molecular formula is C15H22O4. The van der Waals surface area contributed by atoms with Gasteiger partial charge < -0.3 is 14.2 Å². The Morgan fingerprint density at radius 3 is 2.53 bits per heavy atom. The van der Waals surface area contributed by atoms with Crippen molar-refractivity contribution in [2.45, 2.75) is 26.2 Å². The van der Waals surface area contributed by atoms with Gasteiger partial charge in [-0.15, -0.1) is 0 Å². The topological polar surface area (TPSA) is 44.8 Å². The minimum absolute atomic E-state index is 0.152. The molecule has 0 bridgehead atoms. The highest BCUT2D eigenvalue weighted by Crippen LogP contribution is 2.11. The normalized spacial score (nSPS) is 10.2. The lowest BCUT2D eigenvalue weighted by atomic mass is 10.1. The van der Waals surface area contributed by atoms with Crippen LogP contribution in [0.5, 0.6) is 5.75 Å². The van der Waals surface area contributed by atoms with E-state index in [2.05, 4.69) is 0 Å². The predicted octanol–water partition coefficient (Wildman–Crippen LogP) is 2.60. The molecule has 0 saturated carbocycles. The molecule has 0 radical (unpaired) electrons. The minimum Gasteiger partial charge on any atom is -0.497 e. The van der Waals surface area contributed by atoms with E-state index in [1.165, 1.54) is 5.56 Å². The van der Waals surface area contributed by atoms with E-state index >= 15 is 0 Å². The summed E-state index contributed by atoms with van der Waals surface area (Å²) in [5.41, 5.74) is 1.21. The van der Waals surface area contributed by atoms with E-state index in [-0.39, 0.29) is 5.97 Å². The van der Waals surface area contributed by atoms with Gasteiger partial charge in [0.1, 0.15) is 5.75 Å². The minimum atomic E-state index is -0.152. The summed E-state index contributed by atoms with van der Waals surface area (Å²) in [5.74, 6) is 0.709. The SMILES string of the molecule is CCOC(=O)CCCOCCc1ccc(OC)cc1. The van der Waals surface area contributed by atoms with Crippen molar-refractivity contribution in [3.63, 3.8) is 0 Å². The number of methoxy groups -OCH3 is 1. The lowest BCUT2D eigenvalue weighted by Gasteiger charge is -2.05. The third-order valence-electron chi connectivity index (χ3n) is 2.67. The van der Waals surface area contributed by atoms with Crippen molar-refractivity contribution in [2.75, 3.05) is 26.9 Å². The molecule has 0 aliphatic carbocycles. The van der Waals surface area contributed by atoms with Gasteiger partial charge in [0.15, 0.2) is 0 Å². The second-order valence-electron chi connectivity index (χ2n) is 4.12. The molecule has 0 aliphatic rings. The zero-order valence-corrected chi connectivity index (χ0v) is 11.7. The summed E-state index contributed by atoms with van der Waals surface area (Å²) < 4.78 is 15.4. The summed E-state index contributed by atoms with van der Waals surface area (Å²) >= 11 is 0. The van der Waals surface area contributed by atoms with Crippen LogP contribution in [0, 0.1) is 0 Å². The Labute approximate surface area is 114 Å². The summed E-state index contributed by atoms with van der Waals surface area (Å²) in [5, 5.41) is 0. The van der Waals surface area contributed by atoms with E-state index in [1.807, 2.05) is 31.2 Å². The largest absolute Gasteiger partial charge is 0.497 e. The molecule has 106 valence electrons. The van der Waals surface area contributed by atoms with Gasteiger partial charge in [-0.3, -0.25) is 4.79 Å². The van der Waals surface area contributed by atoms with Crippen LogP contribution in [0.25, 0.3) is 0 Å². The fraction of sp³-hybridized carbons (Fsp3) is 0.533.